The summed E-state index contributed by atoms with van der Waals surface area (Å²) >= 11 is 3.31. The minimum atomic E-state index is -0.258. The molecule has 0 aliphatic heterocycles. The van der Waals surface area contributed by atoms with Crippen molar-refractivity contribution in [1.29, 1.82) is 0 Å². The van der Waals surface area contributed by atoms with Gasteiger partial charge in [0.05, 0.1) is 11.7 Å². The Morgan fingerprint density at radius 3 is 2.88 bits per heavy atom. The average molecular weight is 284 g/mol. The summed E-state index contributed by atoms with van der Waals surface area (Å²) in [6.07, 6.45) is 1.70. The van der Waals surface area contributed by atoms with Gasteiger partial charge in [-0.3, -0.25) is 5.10 Å². The first kappa shape index (κ1) is 11.1. The first-order chi connectivity index (χ1) is 7.66. The van der Waals surface area contributed by atoms with Gasteiger partial charge < -0.3 is 5.32 Å². The number of H-pyrrole nitrogens is 1. The Morgan fingerprint density at radius 1 is 1.44 bits per heavy atom. The van der Waals surface area contributed by atoms with Crippen molar-refractivity contribution in [2.75, 3.05) is 5.32 Å². The van der Waals surface area contributed by atoms with Gasteiger partial charge in [0.25, 0.3) is 0 Å². The van der Waals surface area contributed by atoms with Gasteiger partial charge in [-0.2, -0.15) is 5.10 Å². The molecule has 1 unspecified atom stereocenters. The zero-order chi connectivity index (χ0) is 11.5. The van der Waals surface area contributed by atoms with Gasteiger partial charge in [-0.25, -0.2) is 4.39 Å². The molecule has 1 heterocycles. The Balaban J connectivity index is 2.15. The molecule has 0 aliphatic rings. The van der Waals surface area contributed by atoms with E-state index in [-0.39, 0.29) is 11.9 Å². The molecule has 0 fully saturated rings. The number of rotatable bonds is 3. The van der Waals surface area contributed by atoms with Crippen LogP contribution in [0, 0.1) is 5.82 Å². The largest absolute Gasteiger partial charge is 0.376 e. The SMILES string of the molecule is CC(Nc1ccc(F)cc1Br)c1ccn[nH]1. The number of nitrogens with one attached hydrogen (secondary N) is 2. The highest BCUT2D eigenvalue weighted by Crippen LogP contribution is 2.26. The van der Waals surface area contributed by atoms with Crippen LogP contribution in [0.5, 0.6) is 0 Å². The third-order valence-corrected chi connectivity index (χ3v) is 2.95. The molecule has 0 radical (unpaired) electrons. The zero-order valence-electron chi connectivity index (χ0n) is 8.67. The lowest BCUT2D eigenvalue weighted by Crippen LogP contribution is -2.07. The number of hydrogen-bond acceptors (Lipinski definition) is 2. The van der Waals surface area contributed by atoms with Crippen molar-refractivity contribution < 1.29 is 4.39 Å². The van der Waals surface area contributed by atoms with Gasteiger partial charge in [0.1, 0.15) is 5.82 Å². The van der Waals surface area contributed by atoms with Crippen molar-refractivity contribution in [3.63, 3.8) is 0 Å². The van der Waals surface area contributed by atoms with E-state index in [0.717, 1.165) is 11.4 Å². The summed E-state index contributed by atoms with van der Waals surface area (Å²) in [7, 11) is 0. The van der Waals surface area contributed by atoms with E-state index in [0.29, 0.717) is 4.47 Å². The van der Waals surface area contributed by atoms with Gasteiger partial charge >= 0.3 is 0 Å². The molecule has 2 rings (SSSR count). The third-order valence-electron chi connectivity index (χ3n) is 2.29. The van der Waals surface area contributed by atoms with E-state index in [9.17, 15) is 4.39 Å². The van der Waals surface area contributed by atoms with E-state index in [1.54, 1.807) is 12.3 Å². The number of nitrogens with zero attached hydrogens (tertiary/aromatic N) is 1. The summed E-state index contributed by atoms with van der Waals surface area (Å²) < 4.78 is 13.6. The van der Waals surface area contributed by atoms with Crippen LogP contribution in [0.1, 0.15) is 18.7 Å². The summed E-state index contributed by atoms with van der Waals surface area (Å²) in [5.41, 5.74) is 1.83. The van der Waals surface area contributed by atoms with Gasteiger partial charge in [-0.05, 0) is 47.1 Å². The number of hydrogen-bond donors (Lipinski definition) is 2. The van der Waals surface area contributed by atoms with Crippen LogP contribution in [0.25, 0.3) is 0 Å². The fourth-order valence-corrected chi connectivity index (χ4v) is 1.89. The van der Waals surface area contributed by atoms with Crippen LogP contribution in [0.15, 0.2) is 34.9 Å². The van der Waals surface area contributed by atoms with Crippen LogP contribution in [0.3, 0.4) is 0 Å². The van der Waals surface area contributed by atoms with Gasteiger partial charge in [0.15, 0.2) is 0 Å². The van der Waals surface area contributed by atoms with Crippen molar-refractivity contribution in [1.82, 2.24) is 10.2 Å². The van der Waals surface area contributed by atoms with E-state index in [1.165, 1.54) is 12.1 Å². The molecule has 2 aromatic rings. The van der Waals surface area contributed by atoms with Crippen molar-refractivity contribution >= 4 is 21.6 Å². The van der Waals surface area contributed by atoms with Crippen molar-refractivity contribution in [2.24, 2.45) is 0 Å². The number of anilines is 1. The molecule has 5 heteroatoms. The lowest BCUT2D eigenvalue weighted by molar-refractivity contribution is 0.627. The summed E-state index contributed by atoms with van der Waals surface area (Å²) in [4.78, 5) is 0. The molecule has 0 bridgehead atoms. The Morgan fingerprint density at radius 2 is 2.25 bits per heavy atom. The molecule has 3 nitrogen and oxygen atoms in total. The van der Waals surface area contributed by atoms with Gasteiger partial charge in [0.2, 0.25) is 0 Å². The average Bonchev–Trinajstić information content (AvgIpc) is 2.75. The maximum Gasteiger partial charge on any atom is 0.124 e. The molecule has 0 amide bonds. The highest BCUT2D eigenvalue weighted by molar-refractivity contribution is 9.10. The normalized spacial score (nSPS) is 12.4. The van der Waals surface area contributed by atoms with Gasteiger partial charge in [-0.1, -0.05) is 0 Å². The molecular weight excluding hydrogens is 273 g/mol. The van der Waals surface area contributed by atoms with Crippen LogP contribution < -0.4 is 5.32 Å². The molecule has 16 heavy (non-hydrogen) atoms. The second kappa shape index (κ2) is 4.65. The topological polar surface area (TPSA) is 40.7 Å². The third kappa shape index (κ3) is 2.41. The Bertz CT molecular complexity index is 470. The highest BCUT2D eigenvalue weighted by atomic mass is 79.9. The fourth-order valence-electron chi connectivity index (χ4n) is 1.43. The molecule has 1 aromatic carbocycles. The molecular formula is C11H11BrFN3. The first-order valence-corrected chi connectivity index (χ1v) is 5.67. The standard InChI is InChI=1S/C11H11BrFN3/c1-7(10-4-5-14-16-10)15-11-3-2-8(13)6-9(11)12/h2-7,15H,1H3,(H,14,16). The van der Waals surface area contributed by atoms with Crippen LogP contribution in [0.2, 0.25) is 0 Å². The fraction of sp³-hybridized carbons (Fsp3) is 0.182. The van der Waals surface area contributed by atoms with E-state index < -0.39 is 0 Å². The van der Waals surface area contributed by atoms with Crippen LogP contribution >= 0.6 is 15.9 Å². The monoisotopic (exact) mass is 283 g/mol. The van der Waals surface area contributed by atoms with E-state index in [1.807, 2.05) is 13.0 Å². The number of aromatic nitrogens is 2. The summed E-state index contributed by atoms with van der Waals surface area (Å²) in [6.45, 7) is 2.00. The second-order valence-electron chi connectivity index (χ2n) is 3.50. The summed E-state index contributed by atoms with van der Waals surface area (Å²) in [5.74, 6) is -0.258. The smallest absolute Gasteiger partial charge is 0.124 e. The van der Waals surface area contributed by atoms with E-state index >= 15 is 0 Å². The molecule has 1 aromatic heterocycles. The molecule has 2 N–H and O–H groups in total. The molecule has 0 saturated heterocycles. The van der Waals surface area contributed by atoms with Gasteiger partial charge in [-0.15, -0.1) is 0 Å². The minimum absolute atomic E-state index is 0.0873. The number of halogens is 2. The number of aromatic amines is 1. The molecule has 0 saturated carbocycles. The molecule has 84 valence electrons. The quantitative estimate of drug-likeness (QED) is 0.905. The Hall–Kier alpha value is -1.36. The zero-order valence-corrected chi connectivity index (χ0v) is 10.3. The van der Waals surface area contributed by atoms with Crippen molar-refractivity contribution in [3.05, 3.63) is 46.4 Å². The van der Waals surface area contributed by atoms with Crippen LogP contribution in [0.4, 0.5) is 10.1 Å². The predicted molar refractivity (Wildman–Crippen MR) is 64.7 cm³/mol. The van der Waals surface area contributed by atoms with Crippen molar-refractivity contribution in [3.8, 4) is 0 Å². The van der Waals surface area contributed by atoms with Crippen molar-refractivity contribution in [2.45, 2.75) is 13.0 Å². The second-order valence-corrected chi connectivity index (χ2v) is 4.36. The maximum absolute atomic E-state index is 12.9. The van der Waals surface area contributed by atoms with Gasteiger partial charge in [0, 0.05) is 16.4 Å². The molecule has 0 aliphatic carbocycles. The highest BCUT2D eigenvalue weighted by Gasteiger charge is 2.08. The lowest BCUT2D eigenvalue weighted by Gasteiger charge is -2.14. The van der Waals surface area contributed by atoms with E-state index in [4.69, 9.17) is 0 Å². The summed E-state index contributed by atoms with van der Waals surface area (Å²) in [6, 6.07) is 6.54. The molecule has 1 atom stereocenters. The maximum atomic E-state index is 12.9. The number of benzene rings is 1. The van der Waals surface area contributed by atoms with Crippen LogP contribution in [-0.4, -0.2) is 10.2 Å². The summed E-state index contributed by atoms with van der Waals surface area (Å²) in [5, 5.41) is 10.0. The predicted octanol–water partition coefficient (Wildman–Crippen LogP) is 3.48. The molecule has 0 spiro atoms. The Kier molecular flexibility index (Phi) is 3.24. The van der Waals surface area contributed by atoms with E-state index in [2.05, 4.69) is 31.4 Å². The minimum Gasteiger partial charge on any atom is -0.376 e. The van der Waals surface area contributed by atoms with Crippen LogP contribution in [-0.2, 0) is 0 Å². The Labute approximate surface area is 101 Å². The lowest BCUT2D eigenvalue weighted by atomic mass is 10.2. The first-order valence-electron chi connectivity index (χ1n) is 4.87.